The molecule has 0 saturated heterocycles. The number of fused-ring (bicyclic) bond motifs is 2. The quantitative estimate of drug-likeness (QED) is 0.243. The maximum Gasteiger partial charge on any atom is 0.283 e. The molecule has 0 fully saturated rings. The van der Waals surface area contributed by atoms with E-state index in [0.29, 0.717) is 51.6 Å². The van der Waals surface area contributed by atoms with Crippen LogP contribution in [0.5, 0.6) is 0 Å². The van der Waals surface area contributed by atoms with E-state index >= 15 is 0 Å². The summed E-state index contributed by atoms with van der Waals surface area (Å²) in [4.78, 5) is 27.5. The number of anilines is 1. The summed E-state index contributed by atoms with van der Waals surface area (Å²) in [6.45, 7) is 2.84. The predicted octanol–water partition coefficient (Wildman–Crippen LogP) is 4.05. The number of nitriles is 1. The Kier molecular flexibility index (Phi) is 6.44. The van der Waals surface area contributed by atoms with E-state index in [4.69, 9.17) is 5.10 Å². The van der Waals surface area contributed by atoms with E-state index in [1.807, 2.05) is 42.2 Å². The van der Waals surface area contributed by atoms with Crippen molar-refractivity contribution in [3.8, 4) is 22.9 Å². The van der Waals surface area contributed by atoms with Gasteiger partial charge >= 0.3 is 0 Å². The molecule has 1 N–H and O–H groups in total. The van der Waals surface area contributed by atoms with Gasteiger partial charge in [-0.2, -0.15) is 10.4 Å². The maximum atomic E-state index is 13.8. The maximum absolute atomic E-state index is 13.8. The van der Waals surface area contributed by atoms with Crippen LogP contribution in [0.3, 0.4) is 0 Å². The lowest BCUT2D eigenvalue weighted by molar-refractivity contribution is 0.685. The van der Waals surface area contributed by atoms with Gasteiger partial charge in [-0.15, -0.1) is 0 Å². The van der Waals surface area contributed by atoms with Gasteiger partial charge in [-0.3, -0.25) is 9.36 Å². The number of nitrogens with one attached hydrogen (secondary N) is 1. The number of hydrogen-bond acceptors (Lipinski definition) is 7. The number of nitrogens with zero attached hydrogens (tertiary/aromatic N) is 7. The summed E-state index contributed by atoms with van der Waals surface area (Å²) in [6.07, 6.45) is 4.83. The smallest absolute Gasteiger partial charge is 0.283 e. The zero-order valence-electron chi connectivity index (χ0n) is 18.4. The highest BCUT2D eigenvalue weighted by molar-refractivity contribution is 14.2. The highest BCUT2D eigenvalue weighted by Crippen LogP contribution is 2.27. The Hall–Kier alpha value is -3.81. The summed E-state index contributed by atoms with van der Waals surface area (Å²) in [5.41, 5.74) is 2.57. The number of rotatable bonds is 5. The van der Waals surface area contributed by atoms with E-state index in [1.54, 1.807) is 27.5 Å². The highest BCUT2D eigenvalue weighted by Gasteiger charge is 2.21. The number of para-hydroxylation sites is 1. The fourth-order valence-corrected chi connectivity index (χ4v) is 4.49. The second kappa shape index (κ2) is 9.82. The minimum atomic E-state index is -0.211. The average molecular weight is 592 g/mol. The van der Waals surface area contributed by atoms with Gasteiger partial charge in [0.15, 0.2) is 5.82 Å². The third-order valence-corrected chi connectivity index (χ3v) is 6.42. The van der Waals surface area contributed by atoms with Crippen molar-refractivity contribution < 1.29 is 0 Å². The van der Waals surface area contributed by atoms with Crippen LogP contribution in [0.1, 0.15) is 23.9 Å². The van der Waals surface area contributed by atoms with Crippen molar-refractivity contribution in [1.82, 2.24) is 29.1 Å². The molecule has 5 rings (SSSR count). The lowest BCUT2D eigenvalue weighted by atomic mass is 10.2. The van der Waals surface area contributed by atoms with Gasteiger partial charge in [-0.1, -0.05) is 24.1 Å². The number of aromatic amines is 1. The topological polar surface area (TPSA) is 108 Å². The Morgan fingerprint density at radius 3 is 2.77 bits per heavy atom. The number of benzene rings is 1. The highest BCUT2D eigenvalue weighted by atomic mass is 127. The second-order valence-electron chi connectivity index (χ2n) is 7.47. The van der Waals surface area contributed by atoms with Crippen LogP contribution >= 0.6 is 30.1 Å². The molecule has 4 heterocycles. The predicted molar refractivity (Wildman–Crippen MR) is 145 cm³/mol. The van der Waals surface area contributed by atoms with E-state index in [9.17, 15) is 10.1 Å². The summed E-state index contributed by atoms with van der Waals surface area (Å²) in [6, 6.07) is 13.4. The Morgan fingerprint density at radius 1 is 1.20 bits per heavy atom. The normalized spacial score (nSPS) is 10.8. The lowest BCUT2D eigenvalue weighted by Gasteiger charge is -2.24. The number of halogens is 1. The fourth-order valence-electron chi connectivity index (χ4n) is 4.01. The summed E-state index contributed by atoms with van der Waals surface area (Å²) in [5.74, 6) is 4.16. The van der Waals surface area contributed by atoms with Crippen LogP contribution in [-0.2, 0) is 6.54 Å². The monoisotopic (exact) mass is 592 g/mol. The van der Waals surface area contributed by atoms with Crippen LogP contribution in [0.25, 0.3) is 22.2 Å². The van der Waals surface area contributed by atoms with Gasteiger partial charge in [-0.25, -0.2) is 14.5 Å². The van der Waals surface area contributed by atoms with Crippen molar-refractivity contribution in [1.29, 1.82) is 5.26 Å². The number of H-pyrrole nitrogens is 1. The SMILES string of the molecule is CCN(Cc1nn2ccc(C#CSI)c2c(=O)n1-c1ccccc1)c1ncnc2[nH]cc(C#N)c12. The molecule has 1 aromatic carbocycles. The third-order valence-electron chi connectivity index (χ3n) is 5.58. The van der Waals surface area contributed by atoms with Crippen LogP contribution in [0.4, 0.5) is 5.82 Å². The molecular weight excluding hydrogens is 575 g/mol. The number of hydrogen-bond donors (Lipinski definition) is 1. The first-order valence-corrected chi connectivity index (χ1v) is 14.0. The molecular formula is C24H17IN8OS. The summed E-state index contributed by atoms with van der Waals surface area (Å²) >= 11 is 2.10. The molecule has 0 aliphatic rings. The summed E-state index contributed by atoms with van der Waals surface area (Å²) < 4.78 is 3.19. The van der Waals surface area contributed by atoms with Crippen LogP contribution in [0.15, 0.2) is 59.9 Å². The molecule has 0 atom stereocenters. The first kappa shape index (κ1) is 23.0. The van der Waals surface area contributed by atoms with Gasteiger partial charge in [0, 0.05) is 40.1 Å². The molecule has 0 unspecified atom stereocenters. The molecule has 0 saturated carbocycles. The first-order chi connectivity index (χ1) is 17.2. The van der Waals surface area contributed by atoms with E-state index in [0.717, 1.165) is 0 Å². The largest absolute Gasteiger partial charge is 0.349 e. The van der Waals surface area contributed by atoms with Crippen molar-refractivity contribution in [2.45, 2.75) is 13.5 Å². The van der Waals surface area contributed by atoms with Crippen LogP contribution in [-0.4, -0.2) is 35.7 Å². The van der Waals surface area contributed by atoms with Crippen LogP contribution < -0.4 is 10.5 Å². The molecule has 172 valence electrons. The Labute approximate surface area is 216 Å². The third kappa shape index (κ3) is 4.13. The van der Waals surface area contributed by atoms with Gasteiger partial charge in [0.1, 0.15) is 29.4 Å². The molecule has 0 amide bonds. The minimum absolute atomic E-state index is 0.211. The van der Waals surface area contributed by atoms with Crippen molar-refractivity contribution in [2.24, 2.45) is 0 Å². The minimum Gasteiger partial charge on any atom is -0.349 e. The Balaban J connectivity index is 1.71. The fraction of sp³-hybridized carbons (Fsp3) is 0.125. The average Bonchev–Trinajstić information content (AvgIpc) is 3.50. The molecule has 11 heteroatoms. The van der Waals surface area contributed by atoms with Gasteiger partial charge in [-0.05, 0) is 39.3 Å². The zero-order chi connectivity index (χ0) is 24.4. The summed E-state index contributed by atoms with van der Waals surface area (Å²) in [7, 11) is 1.36. The first-order valence-electron chi connectivity index (χ1n) is 10.6. The molecule has 4 aromatic heterocycles. The zero-order valence-corrected chi connectivity index (χ0v) is 21.4. The molecule has 35 heavy (non-hydrogen) atoms. The van der Waals surface area contributed by atoms with Gasteiger partial charge < -0.3 is 9.88 Å². The van der Waals surface area contributed by atoms with Crippen LogP contribution in [0, 0.1) is 22.5 Å². The summed E-state index contributed by atoms with van der Waals surface area (Å²) in [5, 5.41) is 18.0. The molecule has 9 nitrogen and oxygen atoms in total. The van der Waals surface area contributed by atoms with Gasteiger partial charge in [0.05, 0.1) is 28.7 Å². The Morgan fingerprint density at radius 2 is 2.03 bits per heavy atom. The van der Waals surface area contributed by atoms with Gasteiger partial charge in [0.25, 0.3) is 5.56 Å². The van der Waals surface area contributed by atoms with E-state index in [1.165, 1.54) is 15.3 Å². The van der Waals surface area contributed by atoms with Crippen molar-refractivity contribution >= 4 is 52.5 Å². The van der Waals surface area contributed by atoms with Crippen molar-refractivity contribution in [3.05, 3.63) is 82.4 Å². The van der Waals surface area contributed by atoms with Crippen molar-refractivity contribution in [3.63, 3.8) is 0 Å². The van der Waals surface area contributed by atoms with E-state index in [-0.39, 0.29) is 12.1 Å². The van der Waals surface area contributed by atoms with E-state index in [2.05, 4.69) is 53.4 Å². The van der Waals surface area contributed by atoms with Crippen LogP contribution in [0.2, 0.25) is 0 Å². The lowest BCUT2D eigenvalue weighted by Crippen LogP contribution is -2.32. The molecule has 0 radical (unpaired) electrons. The molecule has 0 aliphatic heterocycles. The standard InChI is InChI=1S/C24H17IN8OS/c1-2-31(23-20-17(12-26)13-27-22(20)28-15-29-23)14-19-30-32-10-8-16(9-11-35-25)21(32)24(34)33(19)18-6-4-3-5-7-18/h3-8,10,13,15H,2,14H2,1H3,(H,27,28,29). The second-order valence-corrected chi connectivity index (χ2v) is 9.15. The number of aromatic nitrogens is 6. The van der Waals surface area contributed by atoms with Gasteiger partial charge in [0.2, 0.25) is 0 Å². The van der Waals surface area contributed by atoms with E-state index < -0.39 is 0 Å². The Bertz CT molecular complexity index is 1700. The molecule has 0 bridgehead atoms. The van der Waals surface area contributed by atoms with Crippen molar-refractivity contribution in [2.75, 3.05) is 11.4 Å². The molecule has 5 aromatic rings. The molecule has 0 spiro atoms. The molecule has 0 aliphatic carbocycles.